The van der Waals surface area contributed by atoms with E-state index in [0.29, 0.717) is 6.42 Å². The number of halogens is 1. The average molecular weight is 240 g/mol. The third-order valence-corrected chi connectivity index (χ3v) is 3.05. The summed E-state index contributed by atoms with van der Waals surface area (Å²) >= 11 is 0. The van der Waals surface area contributed by atoms with Crippen LogP contribution in [0.15, 0.2) is 55.1 Å². The van der Waals surface area contributed by atoms with Gasteiger partial charge in [0.1, 0.15) is 0 Å². The molecule has 0 spiro atoms. The zero-order valence-electron chi connectivity index (χ0n) is 10.6. The Labute approximate surface area is 108 Å². The van der Waals surface area contributed by atoms with Gasteiger partial charge in [0.25, 0.3) is 0 Å². The number of hydrogen-bond acceptors (Lipinski definition) is 0. The summed E-state index contributed by atoms with van der Waals surface area (Å²) in [5.41, 5.74) is 5.60. The van der Waals surface area contributed by atoms with Crippen molar-refractivity contribution in [1.29, 1.82) is 0 Å². The highest BCUT2D eigenvalue weighted by atomic mass is 19.1. The van der Waals surface area contributed by atoms with Gasteiger partial charge in [0.15, 0.2) is 0 Å². The van der Waals surface area contributed by atoms with Crippen molar-refractivity contribution in [2.45, 2.75) is 13.3 Å². The van der Waals surface area contributed by atoms with Gasteiger partial charge in [-0.25, -0.2) is 0 Å². The Morgan fingerprint density at radius 1 is 0.944 bits per heavy atom. The van der Waals surface area contributed by atoms with E-state index in [-0.39, 0.29) is 6.67 Å². The van der Waals surface area contributed by atoms with Crippen molar-refractivity contribution in [1.82, 2.24) is 0 Å². The number of alkyl halides is 1. The average Bonchev–Trinajstić information content (AvgIpc) is 2.40. The van der Waals surface area contributed by atoms with E-state index in [2.05, 4.69) is 30.8 Å². The fraction of sp³-hybridized carbons (Fsp3) is 0.176. The topological polar surface area (TPSA) is 0 Å². The van der Waals surface area contributed by atoms with Crippen LogP contribution in [-0.2, 0) is 6.42 Å². The Hall–Kier alpha value is -1.89. The monoisotopic (exact) mass is 240 g/mol. The van der Waals surface area contributed by atoms with Crippen molar-refractivity contribution in [2.75, 3.05) is 6.67 Å². The van der Waals surface area contributed by atoms with Crippen LogP contribution in [0.2, 0.25) is 0 Å². The molecule has 0 unspecified atom stereocenters. The lowest BCUT2D eigenvalue weighted by molar-refractivity contribution is 0.495. The van der Waals surface area contributed by atoms with Gasteiger partial charge in [0.2, 0.25) is 0 Å². The molecule has 2 rings (SSSR count). The summed E-state index contributed by atoms with van der Waals surface area (Å²) in [5, 5.41) is 0. The highest BCUT2D eigenvalue weighted by Crippen LogP contribution is 2.22. The molecule has 0 nitrogen and oxygen atoms in total. The lowest BCUT2D eigenvalue weighted by atomic mass is 10.0. The second-order valence-corrected chi connectivity index (χ2v) is 4.49. The molecule has 0 saturated heterocycles. The van der Waals surface area contributed by atoms with Crippen LogP contribution >= 0.6 is 0 Å². The molecular formula is C17H17F. The van der Waals surface area contributed by atoms with Gasteiger partial charge >= 0.3 is 0 Å². The molecule has 0 aliphatic carbocycles. The number of allylic oxidation sites excluding steroid dienone is 1. The maximum atomic E-state index is 12.2. The highest BCUT2D eigenvalue weighted by Gasteiger charge is 1.99. The van der Waals surface area contributed by atoms with Crippen LogP contribution in [0.3, 0.4) is 0 Å². The van der Waals surface area contributed by atoms with Gasteiger partial charge in [-0.15, -0.1) is 0 Å². The molecule has 92 valence electrons. The summed E-state index contributed by atoms with van der Waals surface area (Å²) in [6.07, 6.45) is 0.495. The molecule has 0 amide bonds. The maximum Gasteiger partial charge on any atom is 0.0934 e. The zero-order valence-corrected chi connectivity index (χ0v) is 10.6. The van der Waals surface area contributed by atoms with Gasteiger partial charge in [-0.3, -0.25) is 4.39 Å². The standard InChI is InChI=1S/C17H17F/c1-13(2)15-7-9-17(10-8-15)16-5-3-14(4-6-16)11-12-18/h3-10H,1,11-12H2,2H3. The SMILES string of the molecule is C=C(C)c1ccc(-c2ccc(CCF)cc2)cc1. The van der Waals surface area contributed by atoms with Crippen molar-refractivity contribution in [3.8, 4) is 11.1 Å². The molecule has 1 heteroatoms. The van der Waals surface area contributed by atoms with Crippen molar-refractivity contribution >= 4 is 5.57 Å². The Morgan fingerprint density at radius 3 is 1.89 bits per heavy atom. The predicted molar refractivity (Wildman–Crippen MR) is 76.3 cm³/mol. The molecule has 0 aliphatic rings. The molecule has 0 aromatic heterocycles. The van der Waals surface area contributed by atoms with Crippen molar-refractivity contribution < 1.29 is 4.39 Å². The number of hydrogen-bond donors (Lipinski definition) is 0. The smallest absolute Gasteiger partial charge is 0.0934 e. The lowest BCUT2D eigenvalue weighted by Gasteiger charge is -2.05. The summed E-state index contributed by atoms with van der Waals surface area (Å²) in [7, 11) is 0. The minimum absolute atomic E-state index is 0.299. The van der Waals surface area contributed by atoms with Crippen molar-refractivity contribution in [3.05, 3.63) is 66.2 Å². The third-order valence-electron chi connectivity index (χ3n) is 3.05. The first kappa shape index (κ1) is 12.6. The fourth-order valence-corrected chi connectivity index (χ4v) is 1.92. The normalized spacial score (nSPS) is 10.3. The van der Waals surface area contributed by atoms with Crippen molar-refractivity contribution in [2.24, 2.45) is 0 Å². The second-order valence-electron chi connectivity index (χ2n) is 4.49. The van der Waals surface area contributed by atoms with Gasteiger partial charge in [-0.05, 0) is 29.2 Å². The predicted octanol–water partition coefficient (Wildman–Crippen LogP) is 4.90. The van der Waals surface area contributed by atoms with Gasteiger partial charge in [0.05, 0.1) is 6.67 Å². The molecular weight excluding hydrogens is 223 g/mol. The summed E-state index contributed by atoms with van der Waals surface area (Å²) in [6, 6.07) is 16.4. The number of aryl methyl sites for hydroxylation is 1. The van der Waals surface area contributed by atoms with Crippen LogP contribution in [0.1, 0.15) is 18.1 Å². The summed E-state index contributed by atoms with van der Waals surface area (Å²) in [6.45, 7) is 5.63. The Kier molecular flexibility index (Phi) is 3.93. The van der Waals surface area contributed by atoms with E-state index in [1.54, 1.807) is 0 Å². The van der Waals surface area contributed by atoms with Crippen LogP contribution in [0.25, 0.3) is 16.7 Å². The molecule has 0 radical (unpaired) electrons. The summed E-state index contributed by atoms with van der Waals surface area (Å²) < 4.78 is 12.2. The minimum Gasteiger partial charge on any atom is -0.251 e. The Morgan fingerprint density at radius 2 is 1.44 bits per heavy atom. The molecule has 0 saturated carbocycles. The number of benzene rings is 2. The molecule has 2 aromatic carbocycles. The van der Waals surface area contributed by atoms with E-state index in [0.717, 1.165) is 22.3 Å². The van der Waals surface area contributed by atoms with Crippen molar-refractivity contribution in [3.63, 3.8) is 0 Å². The zero-order chi connectivity index (χ0) is 13.0. The summed E-state index contributed by atoms with van der Waals surface area (Å²) in [4.78, 5) is 0. The minimum atomic E-state index is -0.299. The Balaban J connectivity index is 2.23. The second kappa shape index (κ2) is 5.63. The fourth-order valence-electron chi connectivity index (χ4n) is 1.92. The maximum absolute atomic E-state index is 12.2. The van der Waals surface area contributed by atoms with Gasteiger partial charge in [0, 0.05) is 6.42 Å². The molecule has 0 aliphatic heterocycles. The molecule has 0 N–H and O–H groups in total. The van der Waals surface area contributed by atoms with E-state index in [4.69, 9.17) is 0 Å². The van der Waals surface area contributed by atoms with E-state index in [9.17, 15) is 4.39 Å². The van der Waals surface area contributed by atoms with Crippen LogP contribution < -0.4 is 0 Å². The number of rotatable bonds is 4. The molecule has 2 aromatic rings. The van der Waals surface area contributed by atoms with Gasteiger partial charge in [-0.2, -0.15) is 0 Å². The van der Waals surface area contributed by atoms with Gasteiger partial charge in [-0.1, -0.05) is 60.7 Å². The summed E-state index contributed by atoms with van der Waals surface area (Å²) in [5.74, 6) is 0. The van der Waals surface area contributed by atoms with E-state index in [1.165, 1.54) is 5.56 Å². The molecule has 18 heavy (non-hydrogen) atoms. The molecule has 0 bridgehead atoms. The van der Waals surface area contributed by atoms with E-state index in [1.807, 2.05) is 31.2 Å². The van der Waals surface area contributed by atoms with Crippen LogP contribution in [-0.4, -0.2) is 6.67 Å². The van der Waals surface area contributed by atoms with Crippen LogP contribution in [0.4, 0.5) is 4.39 Å². The van der Waals surface area contributed by atoms with Gasteiger partial charge < -0.3 is 0 Å². The van der Waals surface area contributed by atoms with E-state index < -0.39 is 0 Å². The lowest BCUT2D eigenvalue weighted by Crippen LogP contribution is -1.86. The highest BCUT2D eigenvalue weighted by molar-refractivity contribution is 5.68. The molecule has 0 heterocycles. The first-order chi connectivity index (χ1) is 8.70. The Bertz CT molecular complexity index is 521. The van der Waals surface area contributed by atoms with E-state index >= 15 is 0 Å². The largest absolute Gasteiger partial charge is 0.251 e. The first-order valence-electron chi connectivity index (χ1n) is 6.12. The molecule has 0 fully saturated rings. The third kappa shape index (κ3) is 2.86. The molecule has 0 atom stereocenters. The van der Waals surface area contributed by atoms with Crippen LogP contribution in [0, 0.1) is 0 Å². The first-order valence-corrected chi connectivity index (χ1v) is 6.12. The van der Waals surface area contributed by atoms with Crippen LogP contribution in [0.5, 0.6) is 0 Å². The quantitative estimate of drug-likeness (QED) is 0.713.